The number of fused-ring (bicyclic) bond motifs is 1. The number of carboxylic acid groups (broad SMARTS) is 1. The first-order chi connectivity index (χ1) is 7.49. The van der Waals surface area contributed by atoms with E-state index < -0.39 is 11.4 Å². The van der Waals surface area contributed by atoms with Gasteiger partial charge in [-0.3, -0.25) is 4.79 Å². The lowest BCUT2D eigenvalue weighted by molar-refractivity contribution is -0.138. The summed E-state index contributed by atoms with van der Waals surface area (Å²) >= 11 is 0. The van der Waals surface area contributed by atoms with E-state index in [1.165, 1.54) is 0 Å². The first kappa shape index (κ1) is 10.7. The Hall–Kier alpha value is -1.84. The number of nitrogens with zero attached hydrogens (tertiary/aromatic N) is 1. The maximum atomic E-state index is 10.8. The van der Waals surface area contributed by atoms with Gasteiger partial charge in [0.25, 0.3) is 0 Å². The van der Waals surface area contributed by atoms with Crippen LogP contribution in [0.3, 0.4) is 0 Å². The molecule has 0 saturated heterocycles. The van der Waals surface area contributed by atoms with Crippen LogP contribution in [0.1, 0.15) is 25.8 Å². The quantitative estimate of drug-likeness (QED) is 0.861. The number of rotatable bonds is 3. The molecule has 1 N–H and O–H groups in total. The van der Waals surface area contributed by atoms with Crippen LogP contribution in [0.5, 0.6) is 0 Å². The fourth-order valence-electron chi connectivity index (χ4n) is 1.76. The van der Waals surface area contributed by atoms with Gasteiger partial charge in [0.15, 0.2) is 5.58 Å². The number of hydrogen-bond acceptors (Lipinski definition) is 3. The minimum Gasteiger partial charge on any atom is -0.481 e. The summed E-state index contributed by atoms with van der Waals surface area (Å²) in [4.78, 5) is 10.8. The number of aliphatic carboxylic acids is 1. The maximum Gasteiger partial charge on any atom is 0.304 e. The average molecular weight is 219 g/mol. The molecule has 4 nitrogen and oxygen atoms in total. The Bertz CT molecular complexity index is 528. The van der Waals surface area contributed by atoms with Crippen LogP contribution in [0, 0.1) is 0 Å². The summed E-state index contributed by atoms with van der Waals surface area (Å²) in [7, 11) is 0. The molecule has 1 aromatic carbocycles. The van der Waals surface area contributed by atoms with Gasteiger partial charge in [0.1, 0.15) is 0 Å². The Morgan fingerprint density at radius 3 is 2.94 bits per heavy atom. The minimum absolute atomic E-state index is 0.0899. The molecule has 0 spiro atoms. The van der Waals surface area contributed by atoms with E-state index in [2.05, 4.69) is 5.16 Å². The fourth-order valence-corrected chi connectivity index (χ4v) is 1.76. The molecule has 0 unspecified atom stereocenters. The Morgan fingerprint density at radius 2 is 2.25 bits per heavy atom. The van der Waals surface area contributed by atoms with Crippen LogP contribution in [-0.2, 0) is 10.2 Å². The number of benzene rings is 1. The van der Waals surface area contributed by atoms with E-state index in [0.29, 0.717) is 5.58 Å². The molecular weight excluding hydrogens is 206 g/mol. The molecule has 0 aliphatic carbocycles. The van der Waals surface area contributed by atoms with Crippen molar-refractivity contribution in [3.63, 3.8) is 0 Å². The van der Waals surface area contributed by atoms with Crippen molar-refractivity contribution in [1.82, 2.24) is 5.16 Å². The monoisotopic (exact) mass is 219 g/mol. The second kappa shape index (κ2) is 3.63. The van der Waals surface area contributed by atoms with Crippen LogP contribution in [0.15, 0.2) is 28.9 Å². The highest BCUT2D eigenvalue weighted by Gasteiger charge is 2.24. The Balaban J connectivity index is 2.41. The predicted molar refractivity (Wildman–Crippen MR) is 59.3 cm³/mol. The first-order valence-corrected chi connectivity index (χ1v) is 5.06. The van der Waals surface area contributed by atoms with Gasteiger partial charge in [-0.05, 0) is 17.7 Å². The molecule has 0 atom stereocenters. The Labute approximate surface area is 92.9 Å². The highest BCUT2D eigenvalue weighted by molar-refractivity contribution is 5.77. The van der Waals surface area contributed by atoms with E-state index in [4.69, 9.17) is 9.63 Å². The molecule has 16 heavy (non-hydrogen) atoms. The zero-order valence-corrected chi connectivity index (χ0v) is 9.23. The van der Waals surface area contributed by atoms with Gasteiger partial charge in [-0.15, -0.1) is 0 Å². The Kier molecular flexibility index (Phi) is 2.42. The smallest absolute Gasteiger partial charge is 0.304 e. The highest BCUT2D eigenvalue weighted by atomic mass is 16.5. The zero-order chi connectivity index (χ0) is 11.8. The summed E-state index contributed by atoms with van der Waals surface area (Å²) in [6.45, 7) is 3.80. The second-order valence-corrected chi connectivity index (χ2v) is 4.53. The first-order valence-electron chi connectivity index (χ1n) is 5.06. The number of hydrogen-bond donors (Lipinski definition) is 1. The maximum absolute atomic E-state index is 10.8. The molecule has 4 heteroatoms. The SMILES string of the molecule is CC(C)(CC(=O)O)c1ccc2cnoc2c1. The molecule has 1 heterocycles. The summed E-state index contributed by atoms with van der Waals surface area (Å²) in [5.41, 5.74) is 1.22. The van der Waals surface area contributed by atoms with Crippen molar-refractivity contribution in [1.29, 1.82) is 0 Å². The molecule has 0 amide bonds. The lowest BCUT2D eigenvalue weighted by Crippen LogP contribution is -2.21. The minimum atomic E-state index is -0.803. The second-order valence-electron chi connectivity index (χ2n) is 4.53. The van der Waals surface area contributed by atoms with E-state index in [0.717, 1.165) is 10.9 Å². The van der Waals surface area contributed by atoms with Crippen molar-refractivity contribution < 1.29 is 14.4 Å². The van der Waals surface area contributed by atoms with Gasteiger partial charge in [-0.2, -0.15) is 0 Å². The highest BCUT2D eigenvalue weighted by Crippen LogP contribution is 2.29. The van der Waals surface area contributed by atoms with Crippen LogP contribution < -0.4 is 0 Å². The van der Waals surface area contributed by atoms with Gasteiger partial charge in [0.05, 0.1) is 12.6 Å². The third kappa shape index (κ3) is 1.91. The number of carboxylic acids is 1. The standard InChI is InChI=1S/C12H13NO3/c1-12(2,6-11(14)15)9-4-3-8-7-13-16-10(8)5-9/h3-5,7H,6H2,1-2H3,(H,14,15). The lowest BCUT2D eigenvalue weighted by atomic mass is 9.81. The largest absolute Gasteiger partial charge is 0.481 e. The molecule has 1 aromatic heterocycles. The van der Waals surface area contributed by atoms with Crippen molar-refractivity contribution in [2.24, 2.45) is 0 Å². The summed E-state index contributed by atoms with van der Waals surface area (Å²) in [6.07, 6.45) is 1.73. The van der Waals surface area contributed by atoms with Gasteiger partial charge in [-0.1, -0.05) is 25.1 Å². The van der Waals surface area contributed by atoms with Gasteiger partial charge >= 0.3 is 5.97 Å². The molecule has 0 radical (unpaired) electrons. The summed E-state index contributed by atoms with van der Waals surface area (Å²) in [5.74, 6) is -0.803. The van der Waals surface area contributed by atoms with Gasteiger partial charge in [0, 0.05) is 10.8 Å². The molecule has 2 aromatic rings. The molecule has 2 rings (SSSR count). The van der Waals surface area contributed by atoms with Crippen LogP contribution in [0.2, 0.25) is 0 Å². The van der Waals surface area contributed by atoms with Crippen molar-refractivity contribution in [2.45, 2.75) is 25.7 Å². The fraction of sp³-hybridized carbons (Fsp3) is 0.333. The topological polar surface area (TPSA) is 63.3 Å². The molecule has 0 aliphatic heterocycles. The molecule has 0 bridgehead atoms. The third-order valence-corrected chi connectivity index (χ3v) is 2.73. The van der Waals surface area contributed by atoms with E-state index in [-0.39, 0.29) is 6.42 Å². The van der Waals surface area contributed by atoms with Crippen LogP contribution in [0.25, 0.3) is 11.0 Å². The van der Waals surface area contributed by atoms with E-state index in [1.54, 1.807) is 6.20 Å². The van der Waals surface area contributed by atoms with Crippen LogP contribution in [0.4, 0.5) is 0 Å². The summed E-state index contributed by atoms with van der Waals surface area (Å²) in [5, 5.41) is 13.5. The molecule has 0 aliphatic rings. The molecule has 0 saturated carbocycles. The summed E-state index contributed by atoms with van der Waals surface area (Å²) < 4.78 is 5.06. The lowest BCUT2D eigenvalue weighted by Gasteiger charge is -2.22. The van der Waals surface area contributed by atoms with Crippen molar-refractivity contribution in [2.75, 3.05) is 0 Å². The number of carbonyl (C=O) groups is 1. The summed E-state index contributed by atoms with van der Waals surface area (Å²) in [6, 6.07) is 5.67. The molecular formula is C12H13NO3. The van der Waals surface area contributed by atoms with E-state index in [9.17, 15) is 4.79 Å². The van der Waals surface area contributed by atoms with Crippen LogP contribution >= 0.6 is 0 Å². The number of aromatic nitrogens is 1. The third-order valence-electron chi connectivity index (χ3n) is 2.73. The normalized spacial score (nSPS) is 11.9. The average Bonchev–Trinajstić information content (AvgIpc) is 2.61. The van der Waals surface area contributed by atoms with Gasteiger partial charge in [-0.25, -0.2) is 0 Å². The predicted octanol–water partition coefficient (Wildman–Crippen LogP) is 2.58. The van der Waals surface area contributed by atoms with Gasteiger partial charge < -0.3 is 9.63 Å². The van der Waals surface area contributed by atoms with E-state index >= 15 is 0 Å². The molecule has 0 fully saturated rings. The zero-order valence-electron chi connectivity index (χ0n) is 9.23. The van der Waals surface area contributed by atoms with Crippen molar-refractivity contribution in [3.05, 3.63) is 30.0 Å². The van der Waals surface area contributed by atoms with Gasteiger partial charge in [0.2, 0.25) is 0 Å². The van der Waals surface area contributed by atoms with E-state index in [1.807, 2.05) is 32.0 Å². The van der Waals surface area contributed by atoms with Crippen LogP contribution in [-0.4, -0.2) is 16.2 Å². The van der Waals surface area contributed by atoms with Crippen molar-refractivity contribution in [3.8, 4) is 0 Å². The molecule has 84 valence electrons. The Morgan fingerprint density at radius 1 is 1.50 bits per heavy atom. The van der Waals surface area contributed by atoms with Crippen molar-refractivity contribution >= 4 is 16.9 Å².